The number of hydrogen-bond donors (Lipinski definition) is 1. The Hall–Kier alpha value is -0.600. The first-order valence-electron chi connectivity index (χ1n) is 5.69. The lowest BCUT2D eigenvalue weighted by Crippen LogP contribution is -2.67. The third-order valence-corrected chi connectivity index (χ3v) is 4.53. The van der Waals surface area contributed by atoms with Crippen LogP contribution in [0.4, 0.5) is 4.39 Å². The van der Waals surface area contributed by atoms with Crippen molar-refractivity contribution >= 4 is 11.6 Å². The number of rotatable bonds is 3. The summed E-state index contributed by atoms with van der Waals surface area (Å²) in [5, 5.41) is 3.46. The number of benzene rings is 1. The van der Waals surface area contributed by atoms with Crippen LogP contribution < -0.4 is 5.32 Å². The fourth-order valence-corrected chi connectivity index (χ4v) is 3.81. The lowest BCUT2D eigenvalue weighted by Gasteiger charge is -2.71. The molecule has 3 saturated carbocycles. The molecule has 0 unspecified atom stereocenters. The second-order valence-corrected chi connectivity index (χ2v) is 5.88. The van der Waals surface area contributed by atoms with Crippen LogP contribution in [0.15, 0.2) is 18.2 Å². The fourth-order valence-electron chi connectivity index (χ4n) is 3.69. The zero-order valence-electron chi connectivity index (χ0n) is 9.32. The Bertz CT molecular complexity index is 424. The third-order valence-electron chi connectivity index (χ3n) is 4.22. The summed E-state index contributed by atoms with van der Waals surface area (Å²) in [6, 6.07) is 5.27. The van der Waals surface area contributed by atoms with Gasteiger partial charge in [0.05, 0.1) is 5.02 Å². The predicted octanol–water partition coefficient (Wildman–Crippen LogP) is 3.12. The van der Waals surface area contributed by atoms with Crippen LogP contribution in [0, 0.1) is 11.2 Å². The highest BCUT2D eigenvalue weighted by atomic mass is 35.5. The topological polar surface area (TPSA) is 12.0 Å². The molecule has 0 amide bonds. The maximum absolute atomic E-state index is 13.4. The molecule has 1 N–H and O–H groups in total. The zero-order valence-corrected chi connectivity index (χ0v) is 10.1. The average molecular weight is 240 g/mol. The molecule has 86 valence electrons. The van der Waals surface area contributed by atoms with Crippen molar-refractivity contribution in [3.05, 3.63) is 34.6 Å². The molecule has 1 aromatic carbocycles. The molecule has 0 aromatic heterocycles. The van der Waals surface area contributed by atoms with Crippen LogP contribution in [0.1, 0.15) is 24.8 Å². The van der Waals surface area contributed by atoms with Gasteiger partial charge >= 0.3 is 0 Å². The Labute approximate surface area is 100.0 Å². The molecular weight excluding hydrogens is 225 g/mol. The van der Waals surface area contributed by atoms with Gasteiger partial charge in [-0.15, -0.1) is 0 Å². The van der Waals surface area contributed by atoms with Crippen molar-refractivity contribution in [1.82, 2.24) is 5.32 Å². The van der Waals surface area contributed by atoms with E-state index in [1.165, 1.54) is 19.3 Å². The summed E-state index contributed by atoms with van der Waals surface area (Å²) in [5.41, 5.74) is 1.90. The molecular formula is C13H15ClFN. The van der Waals surface area contributed by atoms with Gasteiger partial charge in [0.15, 0.2) is 0 Å². The monoisotopic (exact) mass is 239 g/mol. The summed E-state index contributed by atoms with van der Waals surface area (Å²) in [7, 11) is 2.00. The maximum atomic E-state index is 13.4. The molecule has 3 heteroatoms. The molecule has 1 aromatic rings. The van der Waals surface area contributed by atoms with Crippen LogP contribution in [-0.2, 0) is 5.41 Å². The minimum atomic E-state index is -0.286. The van der Waals surface area contributed by atoms with E-state index < -0.39 is 0 Å². The molecule has 3 fully saturated rings. The molecule has 4 rings (SSSR count). The van der Waals surface area contributed by atoms with Gasteiger partial charge in [-0.25, -0.2) is 4.39 Å². The first kappa shape index (κ1) is 10.5. The van der Waals surface area contributed by atoms with Crippen molar-refractivity contribution in [2.75, 3.05) is 13.6 Å². The van der Waals surface area contributed by atoms with Gasteiger partial charge in [-0.05, 0) is 54.8 Å². The summed E-state index contributed by atoms with van der Waals surface area (Å²) < 4.78 is 13.4. The molecule has 0 spiro atoms. The summed E-state index contributed by atoms with van der Waals surface area (Å²) >= 11 is 5.70. The second-order valence-electron chi connectivity index (χ2n) is 5.47. The molecule has 0 aliphatic heterocycles. The van der Waals surface area contributed by atoms with Crippen LogP contribution in [0.2, 0.25) is 5.02 Å². The summed E-state index contributed by atoms with van der Waals surface area (Å²) in [4.78, 5) is 0. The van der Waals surface area contributed by atoms with Crippen LogP contribution in [0.3, 0.4) is 0 Å². The quantitative estimate of drug-likeness (QED) is 0.855. The van der Waals surface area contributed by atoms with Crippen molar-refractivity contribution < 1.29 is 4.39 Å². The second kappa shape index (κ2) is 3.21. The Balaban J connectivity index is 1.80. The Morgan fingerprint density at radius 3 is 2.62 bits per heavy atom. The maximum Gasteiger partial charge on any atom is 0.142 e. The first-order chi connectivity index (χ1) is 7.59. The summed E-state index contributed by atoms with van der Waals surface area (Å²) in [6.07, 6.45) is 3.59. The zero-order chi connectivity index (χ0) is 11.4. The van der Waals surface area contributed by atoms with Gasteiger partial charge in [0.2, 0.25) is 0 Å². The van der Waals surface area contributed by atoms with Crippen LogP contribution >= 0.6 is 11.6 Å². The van der Waals surface area contributed by atoms with Crippen molar-refractivity contribution in [3.8, 4) is 0 Å². The number of nitrogens with one attached hydrogen (secondary N) is 1. The van der Waals surface area contributed by atoms with E-state index in [0.29, 0.717) is 5.41 Å². The summed E-state index contributed by atoms with van der Waals surface area (Å²) in [6.45, 7) is 1.09. The first-order valence-corrected chi connectivity index (χ1v) is 6.07. The molecule has 0 heterocycles. The Morgan fingerprint density at radius 1 is 1.38 bits per heavy atom. The highest BCUT2D eigenvalue weighted by Gasteiger charge is 2.67. The Morgan fingerprint density at radius 2 is 2.06 bits per heavy atom. The van der Waals surface area contributed by atoms with Crippen LogP contribution in [0.25, 0.3) is 0 Å². The van der Waals surface area contributed by atoms with Crippen molar-refractivity contribution in [2.45, 2.75) is 24.7 Å². The van der Waals surface area contributed by atoms with E-state index in [1.54, 1.807) is 12.1 Å². The normalized spacial score (nSPS) is 35.4. The highest BCUT2D eigenvalue weighted by Crippen LogP contribution is 2.73. The number of halogens is 2. The van der Waals surface area contributed by atoms with E-state index in [4.69, 9.17) is 11.6 Å². The molecule has 0 atom stereocenters. The number of hydrogen-bond acceptors (Lipinski definition) is 1. The van der Waals surface area contributed by atoms with E-state index in [0.717, 1.165) is 12.1 Å². The van der Waals surface area contributed by atoms with E-state index in [-0.39, 0.29) is 16.3 Å². The highest BCUT2D eigenvalue weighted by molar-refractivity contribution is 6.30. The summed E-state index contributed by atoms with van der Waals surface area (Å²) in [5.74, 6) is -0.286. The van der Waals surface area contributed by atoms with E-state index >= 15 is 0 Å². The van der Waals surface area contributed by atoms with Gasteiger partial charge in [-0.1, -0.05) is 17.7 Å². The van der Waals surface area contributed by atoms with E-state index in [2.05, 4.69) is 5.32 Å². The Kier molecular flexibility index (Phi) is 2.11. The van der Waals surface area contributed by atoms with E-state index in [9.17, 15) is 4.39 Å². The SMILES string of the molecule is CNCC12CC(c3ccc(Cl)c(F)c3)(C1)C2. The molecule has 1 nitrogen and oxygen atoms in total. The molecule has 0 saturated heterocycles. The van der Waals surface area contributed by atoms with Gasteiger partial charge in [0, 0.05) is 6.54 Å². The largest absolute Gasteiger partial charge is 0.319 e. The minimum Gasteiger partial charge on any atom is -0.319 e. The van der Waals surface area contributed by atoms with Gasteiger partial charge in [0.1, 0.15) is 5.82 Å². The van der Waals surface area contributed by atoms with Crippen molar-refractivity contribution in [2.24, 2.45) is 5.41 Å². The standard InChI is InChI=1S/C13H15ClFN/c1-16-8-12-5-13(6-12,7-12)9-2-3-10(14)11(15)4-9/h2-4,16H,5-8H2,1H3. The fraction of sp³-hybridized carbons (Fsp3) is 0.538. The smallest absolute Gasteiger partial charge is 0.142 e. The lowest BCUT2D eigenvalue weighted by atomic mass is 9.33. The van der Waals surface area contributed by atoms with Gasteiger partial charge in [-0.2, -0.15) is 0 Å². The van der Waals surface area contributed by atoms with Crippen molar-refractivity contribution in [1.29, 1.82) is 0 Å². The lowest BCUT2D eigenvalue weighted by molar-refractivity contribution is -0.137. The van der Waals surface area contributed by atoms with Crippen LogP contribution in [0.5, 0.6) is 0 Å². The predicted molar refractivity (Wildman–Crippen MR) is 63.3 cm³/mol. The third kappa shape index (κ3) is 1.26. The molecule has 0 radical (unpaired) electrons. The minimum absolute atomic E-state index is 0.222. The van der Waals surface area contributed by atoms with Crippen LogP contribution in [-0.4, -0.2) is 13.6 Å². The molecule has 3 aliphatic carbocycles. The van der Waals surface area contributed by atoms with Gasteiger partial charge < -0.3 is 5.32 Å². The molecule has 2 bridgehead atoms. The molecule has 3 aliphatic rings. The van der Waals surface area contributed by atoms with E-state index in [1.807, 2.05) is 13.1 Å². The van der Waals surface area contributed by atoms with Gasteiger partial charge in [0.25, 0.3) is 0 Å². The molecule has 16 heavy (non-hydrogen) atoms. The average Bonchev–Trinajstić information content (AvgIpc) is 2.14. The van der Waals surface area contributed by atoms with Gasteiger partial charge in [-0.3, -0.25) is 0 Å². The van der Waals surface area contributed by atoms with Crippen molar-refractivity contribution in [3.63, 3.8) is 0 Å².